The smallest absolute Gasteiger partial charge is 0.228 e. The molecule has 2 nitrogen and oxygen atoms in total. The molecule has 0 bridgehead atoms. The van der Waals surface area contributed by atoms with E-state index in [1.165, 1.54) is 17.1 Å². The highest BCUT2D eigenvalue weighted by atomic mass is 15.2. The Hall–Kier alpha value is -1.83. The molecule has 1 aliphatic heterocycles. The maximum absolute atomic E-state index is 2.32. The van der Waals surface area contributed by atoms with Crippen molar-refractivity contribution in [3.05, 3.63) is 48.6 Å². The third kappa shape index (κ3) is 1.16. The fourth-order valence-electron chi connectivity index (χ4n) is 2.49. The van der Waals surface area contributed by atoms with Gasteiger partial charge >= 0.3 is 0 Å². The molecular formula is C14H15N2+. The van der Waals surface area contributed by atoms with Crippen LogP contribution in [0.1, 0.15) is 0 Å². The van der Waals surface area contributed by atoms with Gasteiger partial charge in [-0.05, 0) is 6.07 Å². The van der Waals surface area contributed by atoms with Gasteiger partial charge in [0.1, 0.15) is 18.8 Å². The van der Waals surface area contributed by atoms with Crippen LogP contribution in [0, 0.1) is 0 Å². The molecule has 1 heterocycles. The van der Waals surface area contributed by atoms with Gasteiger partial charge in [0.25, 0.3) is 0 Å². The molecule has 2 aliphatic rings. The molecule has 0 saturated carbocycles. The van der Waals surface area contributed by atoms with Gasteiger partial charge in [-0.3, -0.25) is 0 Å². The summed E-state index contributed by atoms with van der Waals surface area (Å²) in [4.78, 5) is 2.32. The van der Waals surface area contributed by atoms with Gasteiger partial charge in [0.15, 0.2) is 0 Å². The molecule has 1 aromatic rings. The van der Waals surface area contributed by atoms with Gasteiger partial charge in [-0.15, -0.1) is 0 Å². The van der Waals surface area contributed by atoms with Crippen molar-refractivity contribution in [1.29, 1.82) is 0 Å². The fourth-order valence-corrected chi connectivity index (χ4v) is 2.49. The molecule has 1 unspecified atom stereocenters. The molecule has 2 heteroatoms. The molecule has 1 aliphatic carbocycles. The van der Waals surface area contributed by atoms with E-state index in [-0.39, 0.29) is 0 Å². The first-order valence-corrected chi connectivity index (χ1v) is 5.56. The third-order valence-electron chi connectivity index (χ3n) is 3.40. The molecule has 0 aromatic heterocycles. The summed E-state index contributed by atoms with van der Waals surface area (Å²) in [5.41, 5.74) is 3.90. The summed E-state index contributed by atoms with van der Waals surface area (Å²) in [6.07, 6.45) is 8.65. The summed E-state index contributed by atoms with van der Waals surface area (Å²) >= 11 is 0. The quantitative estimate of drug-likeness (QED) is 0.597. The molecule has 0 N–H and O–H groups in total. The van der Waals surface area contributed by atoms with E-state index in [2.05, 4.69) is 72.1 Å². The van der Waals surface area contributed by atoms with E-state index in [0.29, 0.717) is 6.04 Å². The summed E-state index contributed by atoms with van der Waals surface area (Å²) in [5, 5.41) is 0. The van der Waals surface area contributed by atoms with Crippen molar-refractivity contribution in [2.24, 2.45) is 0 Å². The van der Waals surface area contributed by atoms with Gasteiger partial charge in [0.05, 0.1) is 0 Å². The molecule has 0 amide bonds. The van der Waals surface area contributed by atoms with Crippen LogP contribution in [0.2, 0.25) is 0 Å². The number of para-hydroxylation sites is 2. The molecule has 0 radical (unpaired) electrons. The van der Waals surface area contributed by atoms with E-state index in [4.69, 9.17) is 0 Å². The highest BCUT2D eigenvalue weighted by Crippen LogP contribution is 2.33. The summed E-state index contributed by atoms with van der Waals surface area (Å²) in [6.45, 7) is 0. The van der Waals surface area contributed by atoms with Crippen LogP contribution in [0.4, 0.5) is 11.4 Å². The van der Waals surface area contributed by atoms with Crippen molar-refractivity contribution < 1.29 is 4.58 Å². The van der Waals surface area contributed by atoms with E-state index < -0.39 is 0 Å². The Labute approximate surface area is 95.8 Å². The lowest BCUT2D eigenvalue weighted by atomic mass is 10.0. The second-order valence-electron chi connectivity index (χ2n) is 4.27. The summed E-state index contributed by atoms with van der Waals surface area (Å²) < 4.78 is 2.28. The first kappa shape index (κ1) is 9.40. The molecule has 0 saturated heterocycles. The van der Waals surface area contributed by atoms with Crippen molar-refractivity contribution in [3.8, 4) is 0 Å². The Morgan fingerprint density at radius 3 is 2.88 bits per heavy atom. The third-order valence-corrected chi connectivity index (χ3v) is 3.40. The standard InChI is InChI=1S/C14H15N2/c1-15-11-7-3-5-9-13(11)16(2)14-10-6-4-8-12(14)15/h3-11H,1-2H3/q+1. The highest BCUT2D eigenvalue weighted by molar-refractivity contribution is 6.03. The van der Waals surface area contributed by atoms with E-state index >= 15 is 0 Å². The van der Waals surface area contributed by atoms with Crippen molar-refractivity contribution in [3.63, 3.8) is 0 Å². The van der Waals surface area contributed by atoms with Gasteiger partial charge in [-0.25, -0.2) is 0 Å². The van der Waals surface area contributed by atoms with Crippen molar-refractivity contribution in [1.82, 2.24) is 0 Å². The van der Waals surface area contributed by atoms with Gasteiger partial charge in [-0.2, -0.15) is 4.58 Å². The predicted molar refractivity (Wildman–Crippen MR) is 67.8 cm³/mol. The largest absolute Gasteiger partial charge is 0.353 e. The number of anilines is 1. The zero-order valence-electron chi connectivity index (χ0n) is 9.59. The Kier molecular flexibility index (Phi) is 1.96. The van der Waals surface area contributed by atoms with Crippen LogP contribution in [0.25, 0.3) is 0 Å². The average molecular weight is 211 g/mol. The Morgan fingerprint density at radius 2 is 2.00 bits per heavy atom. The second-order valence-corrected chi connectivity index (χ2v) is 4.27. The van der Waals surface area contributed by atoms with Crippen molar-refractivity contribution in [2.75, 3.05) is 19.0 Å². The number of benzene rings is 1. The first-order valence-electron chi connectivity index (χ1n) is 5.56. The normalized spacial score (nSPS) is 22.1. The highest BCUT2D eigenvalue weighted by Gasteiger charge is 2.33. The Morgan fingerprint density at radius 1 is 1.19 bits per heavy atom. The number of rotatable bonds is 0. The van der Waals surface area contributed by atoms with Crippen LogP contribution in [-0.2, 0) is 0 Å². The molecule has 16 heavy (non-hydrogen) atoms. The monoisotopic (exact) mass is 211 g/mol. The van der Waals surface area contributed by atoms with Crippen molar-refractivity contribution >= 4 is 17.1 Å². The van der Waals surface area contributed by atoms with Gasteiger partial charge in [0.2, 0.25) is 11.4 Å². The number of hydrogen-bond acceptors (Lipinski definition) is 1. The van der Waals surface area contributed by atoms with E-state index in [1.54, 1.807) is 0 Å². The number of nitrogens with zero attached hydrogens (tertiary/aromatic N) is 2. The summed E-state index contributed by atoms with van der Waals surface area (Å²) in [6, 6.07) is 8.89. The van der Waals surface area contributed by atoms with Crippen LogP contribution in [0.15, 0.2) is 48.6 Å². The summed E-state index contributed by atoms with van der Waals surface area (Å²) in [7, 11) is 4.29. The SMILES string of the molecule is CN1c2ccccc2[N+](C)=C2C=CC=CC21. The fraction of sp³-hybridized carbons (Fsp3) is 0.214. The minimum absolute atomic E-state index is 0.366. The molecule has 0 spiro atoms. The second kappa shape index (κ2) is 3.34. The molecule has 1 aromatic carbocycles. The lowest BCUT2D eigenvalue weighted by Crippen LogP contribution is -2.43. The zero-order valence-corrected chi connectivity index (χ0v) is 9.59. The molecule has 0 fully saturated rings. The lowest BCUT2D eigenvalue weighted by molar-refractivity contribution is -0.406. The minimum atomic E-state index is 0.366. The molecule has 3 rings (SSSR count). The topological polar surface area (TPSA) is 6.25 Å². The minimum Gasteiger partial charge on any atom is -0.353 e. The number of fused-ring (bicyclic) bond motifs is 2. The molecule has 80 valence electrons. The lowest BCUT2D eigenvalue weighted by Gasteiger charge is -2.31. The first-order chi connectivity index (χ1) is 7.79. The summed E-state index contributed by atoms with van der Waals surface area (Å²) in [5.74, 6) is 0. The number of likely N-dealkylation sites (N-methyl/N-ethyl adjacent to an activating group) is 1. The van der Waals surface area contributed by atoms with Gasteiger partial charge in [0, 0.05) is 19.2 Å². The van der Waals surface area contributed by atoms with Crippen molar-refractivity contribution in [2.45, 2.75) is 6.04 Å². The zero-order chi connectivity index (χ0) is 11.1. The van der Waals surface area contributed by atoms with E-state index in [1.807, 2.05) is 0 Å². The van der Waals surface area contributed by atoms with Crippen LogP contribution in [-0.4, -0.2) is 30.4 Å². The Bertz CT molecular complexity index is 523. The van der Waals surface area contributed by atoms with E-state index in [0.717, 1.165) is 0 Å². The molecular weight excluding hydrogens is 196 g/mol. The van der Waals surface area contributed by atoms with Gasteiger partial charge < -0.3 is 4.90 Å². The van der Waals surface area contributed by atoms with Crippen LogP contribution < -0.4 is 4.90 Å². The predicted octanol–water partition coefficient (Wildman–Crippen LogP) is 2.35. The van der Waals surface area contributed by atoms with E-state index in [9.17, 15) is 0 Å². The number of hydrogen-bond donors (Lipinski definition) is 0. The van der Waals surface area contributed by atoms with Crippen LogP contribution in [0.5, 0.6) is 0 Å². The Balaban J connectivity index is 2.26. The maximum Gasteiger partial charge on any atom is 0.228 e. The maximum atomic E-state index is 2.32. The molecule has 1 atom stereocenters. The van der Waals surface area contributed by atoms with Gasteiger partial charge in [-0.1, -0.05) is 30.4 Å². The average Bonchev–Trinajstić information content (AvgIpc) is 2.36. The van der Waals surface area contributed by atoms with Crippen LogP contribution >= 0.6 is 0 Å². The number of allylic oxidation sites excluding steroid dienone is 2. The van der Waals surface area contributed by atoms with Crippen LogP contribution in [0.3, 0.4) is 0 Å².